The highest BCUT2D eigenvalue weighted by Crippen LogP contribution is 2.18. The van der Waals surface area contributed by atoms with Gasteiger partial charge in [0.15, 0.2) is 0 Å². The first-order valence-corrected chi connectivity index (χ1v) is 6.92. The number of aryl methyl sites for hydroxylation is 1. The van der Waals surface area contributed by atoms with Crippen LogP contribution in [-0.4, -0.2) is 37.0 Å². The van der Waals surface area contributed by atoms with Gasteiger partial charge in [0.25, 0.3) is 5.91 Å². The molecule has 4 nitrogen and oxygen atoms in total. The van der Waals surface area contributed by atoms with E-state index in [0.717, 1.165) is 10.0 Å². The van der Waals surface area contributed by atoms with Gasteiger partial charge in [-0.2, -0.15) is 0 Å². The number of rotatable bonds is 5. The predicted molar refractivity (Wildman–Crippen MR) is 77.1 cm³/mol. The second-order valence-electron chi connectivity index (χ2n) is 4.25. The van der Waals surface area contributed by atoms with Crippen LogP contribution < -0.4 is 0 Å². The molecule has 1 aromatic rings. The van der Waals surface area contributed by atoms with E-state index in [2.05, 4.69) is 15.9 Å². The monoisotopic (exact) mass is 327 g/mol. The average molecular weight is 328 g/mol. The number of nitrogens with zero attached hydrogens (tertiary/aromatic N) is 1. The summed E-state index contributed by atoms with van der Waals surface area (Å²) in [6.45, 7) is 4.43. The maximum absolute atomic E-state index is 12.1. The van der Waals surface area contributed by atoms with Gasteiger partial charge in [0.05, 0.1) is 13.0 Å². The second kappa shape index (κ2) is 7.28. The van der Waals surface area contributed by atoms with Gasteiger partial charge < -0.3 is 9.64 Å². The van der Waals surface area contributed by atoms with E-state index < -0.39 is 0 Å². The minimum absolute atomic E-state index is 0.106. The van der Waals surface area contributed by atoms with Crippen molar-refractivity contribution in [3.05, 3.63) is 33.8 Å². The summed E-state index contributed by atoms with van der Waals surface area (Å²) in [4.78, 5) is 24.9. The van der Waals surface area contributed by atoms with Gasteiger partial charge in [0, 0.05) is 23.6 Å². The van der Waals surface area contributed by atoms with Gasteiger partial charge in [-0.15, -0.1) is 0 Å². The summed E-state index contributed by atoms with van der Waals surface area (Å²) in [5, 5.41) is 0. The van der Waals surface area contributed by atoms with Crippen LogP contribution in [0.2, 0.25) is 0 Å². The molecule has 5 heteroatoms. The molecule has 0 aliphatic carbocycles. The number of esters is 1. The molecule has 0 saturated carbocycles. The fraction of sp³-hybridized carbons (Fsp3) is 0.429. The number of hydrogen-bond donors (Lipinski definition) is 0. The minimum atomic E-state index is -0.285. The third-order valence-electron chi connectivity index (χ3n) is 2.72. The fourth-order valence-corrected chi connectivity index (χ4v) is 1.92. The first-order valence-electron chi connectivity index (χ1n) is 6.13. The largest absolute Gasteiger partial charge is 0.466 e. The quantitative estimate of drug-likeness (QED) is 0.781. The van der Waals surface area contributed by atoms with Gasteiger partial charge in [0.2, 0.25) is 0 Å². The van der Waals surface area contributed by atoms with Crippen molar-refractivity contribution >= 4 is 27.8 Å². The lowest BCUT2D eigenvalue weighted by molar-refractivity contribution is -0.143. The van der Waals surface area contributed by atoms with Crippen LogP contribution in [0.25, 0.3) is 0 Å². The van der Waals surface area contributed by atoms with Crippen LogP contribution in [0.4, 0.5) is 0 Å². The topological polar surface area (TPSA) is 46.6 Å². The molecule has 0 heterocycles. The lowest BCUT2D eigenvalue weighted by Gasteiger charge is -2.17. The lowest BCUT2D eigenvalue weighted by atomic mass is 10.1. The number of hydrogen-bond acceptors (Lipinski definition) is 3. The Morgan fingerprint density at radius 1 is 1.37 bits per heavy atom. The average Bonchev–Trinajstić information content (AvgIpc) is 2.38. The summed E-state index contributed by atoms with van der Waals surface area (Å²) in [7, 11) is 1.68. The summed E-state index contributed by atoms with van der Waals surface area (Å²) >= 11 is 3.40. The number of benzene rings is 1. The molecular formula is C14H18BrNO3. The van der Waals surface area contributed by atoms with Gasteiger partial charge in [-0.3, -0.25) is 9.59 Å². The molecule has 0 bridgehead atoms. The van der Waals surface area contributed by atoms with Crippen molar-refractivity contribution in [2.45, 2.75) is 20.3 Å². The van der Waals surface area contributed by atoms with Crippen molar-refractivity contribution in [2.24, 2.45) is 0 Å². The number of halogens is 1. The Kier molecular flexibility index (Phi) is 6.02. The van der Waals surface area contributed by atoms with Crippen molar-refractivity contribution in [1.82, 2.24) is 4.90 Å². The van der Waals surface area contributed by atoms with E-state index in [0.29, 0.717) is 18.7 Å². The molecule has 1 amide bonds. The molecule has 1 aromatic carbocycles. The maximum Gasteiger partial charge on any atom is 0.307 e. The molecule has 0 radical (unpaired) electrons. The smallest absolute Gasteiger partial charge is 0.307 e. The Bertz CT molecular complexity index is 474. The summed E-state index contributed by atoms with van der Waals surface area (Å²) in [6, 6.07) is 5.46. The van der Waals surface area contributed by atoms with Crippen molar-refractivity contribution in [3.8, 4) is 0 Å². The van der Waals surface area contributed by atoms with Crippen LogP contribution in [0, 0.1) is 6.92 Å². The normalized spacial score (nSPS) is 10.1. The third-order valence-corrected chi connectivity index (χ3v) is 3.58. The molecule has 0 unspecified atom stereocenters. The van der Waals surface area contributed by atoms with Crippen LogP contribution in [0.3, 0.4) is 0 Å². The number of carbonyl (C=O) groups excluding carboxylic acids is 2. The highest BCUT2D eigenvalue weighted by Gasteiger charge is 2.14. The molecule has 0 aliphatic rings. The Hall–Kier alpha value is -1.36. The summed E-state index contributed by atoms with van der Waals surface area (Å²) in [6.07, 6.45) is 0.211. The number of amides is 1. The van der Waals surface area contributed by atoms with Crippen molar-refractivity contribution in [3.63, 3.8) is 0 Å². The van der Waals surface area contributed by atoms with Crippen molar-refractivity contribution in [2.75, 3.05) is 20.2 Å². The zero-order chi connectivity index (χ0) is 14.4. The Balaban J connectivity index is 2.61. The van der Waals surface area contributed by atoms with Gasteiger partial charge in [-0.1, -0.05) is 22.0 Å². The highest BCUT2D eigenvalue weighted by atomic mass is 79.9. The van der Waals surface area contributed by atoms with Gasteiger partial charge in [0.1, 0.15) is 0 Å². The van der Waals surface area contributed by atoms with Crippen molar-refractivity contribution < 1.29 is 14.3 Å². The lowest BCUT2D eigenvalue weighted by Crippen LogP contribution is -2.29. The predicted octanol–water partition coefficient (Wildman–Crippen LogP) is 2.78. The van der Waals surface area contributed by atoms with E-state index in [-0.39, 0.29) is 18.3 Å². The summed E-state index contributed by atoms with van der Waals surface area (Å²) < 4.78 is 5.73. The van der Waals surface area contributed by atoms with E-state index >= 15 is 0 Å². The molecule has 0 atom stereocenters. The molecule has 0 spiro atoms. The van der Waals surface area contributed by atoms with Gasteiger partial charge in [-0.05, 0) is 31.5 Å². The van der Waals surface area contributed by atoms with E-state index in [9.17, 15) is 9.59 Å². The number of ether oxygens (including phenoxy) is 1. The van der Waals surface area contributed by atoms with Crippen LogP contribution >= 0.6 is 15.9 Å². The van der Waals surface area contributed by atoms with E-state index in [4.69, 9.17) is 4.74 Å². The van der Waals surface area contributed by atoms with Crippen LogP contribution in [0.15, 0.2) is 22.7 Å². The minimum Gasteiger partial charge on any atom is -0.466 e. The molecule has 104 valence electrons. The summed E-state index contributed by atoms with van der Waals surface area (Å²) in [5.74, 6) is -0.391. The molecule has 19 heavy (non-hydrogen) atoms. The first kappa shape index (κ1) is 15.7. The Morgan fingerprint density at radius 2 is 2.05 bits per heavy atom. The standard InChI is InChI=1S/C14H18BrNO3/c1-4-19-13(17)7-8-16(3)14(18)11-6-5-10(2)12(15)9-11/h5-6,9H,4,7-8H2,1-3H3. The van der Waals surface area contributed by atoms with E-state index in [1.807, 2.05) is 13.0 Å². The van der Waals surface area contributed by atoms with E-state index in [1.54, 1.807) is 26.1 Å². The van der Waals surface area contributed by atoms with Crippen molar-refractivity contribution in [1.29, 1.82) is 0 Å². The molecule has 0 aliphatic heterocycles. The first-order chi connectivity index (χ1) is 8.95. The SMILES string of the molecule is CCOC(=O)CCN(C)C(=O)c1ccc(C)c(Br)c1. The molecule has 0 N–H and O–H groups in total. The maximum atomic E-state index is 12.1. The Morgan fingerprint density at radius 3 is 2.63 bits per heavy atom. The van der Waals surface area contributed by atoms with Gasteiger partial charge in [-0.25, -0.2) is 0 Å². The van der Waals surface area contributed by atoms with Crippen LogP contribution in [0.1, 0.15) is 29.3 Å². The molecule has 0 fully saturated rings. The third kappa shape index (κ3) is 4.67. The van der Waals surface area contributed by atoms with Gasteiger partial charge >= 0.3 is 5.97 Å². The molecular weight excluding hydrogens is 310 g/mol. The zero-order valence-corrected chi connectivity index (χ0v) is 13.0. The highest BCUT2D eigenvalue weighted by molar-refractivity contribution is 9.10. The number of carbonyl (C=O) groups is 2. The van der Waals surface area contributed by atoms with E-state index in [1.165, 1.54) is 4.90 Å². The summed E-state index contributed by atoms with van der Waals surface area (Å²) in [5.41, 5.74) is 1.68. The van der Waals surface area contributed by atoms with Crippen LogP contribution in [-0.2, 0) is 9.53 Å². The molecule has 1 rings (SSSR count). The fourth-order valence-electron chi connectivity index (χ4n) is 1.54. The zero-order valence-electron chi connectivity index (χ0n) is 11.4. The molecule has 0 aromatic heterocycles. The Labute approximate surface area is 121 Å². The van der Waals surface area contributed by atoms with Crippen LogP contribution in [0.5, 0.6) is 0 Å². The molecule has 0 saturated heterocycles. The second-order valence-corrected chi connectivity index (χ2v) is 5.10.